The summed E-state index contributed by atoms with van der Waals surface area (Å²) in [4.78, 5) is 21.9. The molecule has 0 aliphatic heterocycles. The van der Waals surface area contributed by atoms with E-state index in [1.54, 1.807) is 6.07 Å². The van der Waals surface area contributed by atoms with Crippen LogP contribution in [0.2, 0.25) is 0 Å². The Morgan fingerprint density at radius 1 is 1.24 bits per heavy atom. The van der Waals surface area contributed by atoms with Crippen LogP contribution in [-0.2, 0) is 6.42 Å². The quantitative estimate of drug-likeness (QED) is 0.470. The minimum Gasteiger partial charge on any atom is -0.457 e. The average molecular weight is 285 g/mol. The second-order valence-corrected chi connectivity index (χ2v) is 4.60. The van der Waals surface area contributed by atoms with Crippen LogP contribution in [0.4, 0.5) is 5.69 Å². The maximum Gasteiger partial charge on any atom is 0.270 e. The Balaban J connectivity index is 2.38. The molecule has 0 heterocycles. The number of benzene rings is 2. The molecule has 0 N–H and O–H groups in total. The number of ketones is 1. The molecule has 5 nitrogen and oxygen atoms in total. The van der Waals surface area contributed by atoms with Crippen molar-refractivity contribution in [1.82, 2.24) is 0 Å². The van der Waals surface area contributed by atoms with Crippen LogP contribution in [0.25, 0.3) is 0 Å². The number of ether oxygens (including phenoxy) is 1. The normalized spacial score (nSPS) is 10.2. The molecule has 2 rings (SSSR count). The molecule has 5 heteroatoms. The molecular weight excluding hydrogens is 270 g/mol. The summed E-state index contributed by atoms with van der Waals surface area (Å²) in [6.07, 6.45) is 0.872. The smallest absolute Gasteiger partial charge is 0.270 e. The zero-order valence-electron chi connectivity index (χ0n) is 11.8. The predicted molar refractivity (Wildman–Crippen MR) is 79.0 cm³/mol. The number of aryl methyl sites for hydroxylation is 1. The highest BCUT2D eigenvalue weighted by Gasteiger charge is 2.15. The maximum absolute atomic E-state index is 11.7. The van der Waals surface area contributed by atoms with Gasteiger partial charge in [-0.15, -0.1) is 0 Å². The van der Waals surface area contributed by atoms with Crippen LogP contribution >= 0.6 is 0 Å². The van der Waals surface area contributed by atoms with Crippen molar-refractivity contribution < 1.29 is 14.5 Å². The van der Waals surface area contributed by atoms with Gasteiger partial charge >= 0.3 is 0 Å². The van der Waals surface area contributed by atoms with Gasteiger partial charge in [0.05, 0.1) is 10.5 Å². The fourth-order valence-corrected chi connectivity index (χ4v) is 1.95. The molecule has 0 saturated heterocycles. The first-order valence-corrected chi connectivity index (χ1v) is 6.57. The molecule has 108 valence electrons. The lowest BCUT2D eigenvalue weighted by Crippen LogP contribution is -1.99. The first-order chi connectivity index (χ1) is 10.0. The van der Waals surface area contributed by atoms with E-state index < -0.39 is 4.92 Å². The SMILES string of the molecule is CCc1cccc(Oc2ccc([N+](=O)[O-])cc2C(C)=O)c1. The topological polar surface area (TPSA) is 69.4 Å². The molecule has 2 aromatic carbocycles. The van der Waals surface area contributed by atoms with Crippen LogP contribution in [0.5, 0.6) is 11.5 Å². The number of carbonyl (C=O) groups is 1. The van der Waals surface area contributed by atoms with Crippen molar-refractivity contribution in [3.63, 3.8) is 0 Å². The molecule has 0 saturated carbocycles. The zero-order chi connectivity index (χ0) is 15.4. The molecule has 0 radical (unpaired) electrons. The van der Waals surface area contributed by atoms with Gasteiger partial charge in [-0.25, -0.2) is 0 Å². The van der Waals surface area contributed by atoms with E-state index in [4.69, 9.17) is 4.74 Å². The van der Waals surface area contributed by atoms with Crippen LogP contribution in [0.1, 0.15) is 29.8 Å². The second kappa shape index (κ2) is 6.17. The van der Waals surface area contributed by atoms with E-state index in [2.05, 4.69) is 0 Å². The molecule has 0 fully saturated rings. The summed E-state index contributed by atoms with van der Waals surface area (Å²) in [5, 5.41) is 10.8. The molecule has 0 aromatic heterocycles. The second-order valence-electron chi connectivity index (χ2n) is 4.60. The van der Waals surface area contributed by atoms with Gasteiger partial charge in [-0.1, -0.05) is 19.1 Å². The summed E-state index contributed by atoms with van der Waals surface area (Å²) >= 11 is 0. The number of carbonyl (C=O) groups excluding carboxylic acids is 1. The van der Waals surface area contributed by atoms with E-state index >= 15 is 0 Å². The lowest BCUT2D eigenvalue weighted by atomic mass is 10.1. The summed E-state index contributed by atoms with van der Waals surface area (Å²) in [6.45, 7) is 3.39. The molecular formula is C16H15NO4. The Bertz CT molecular complexity index is 694. The lowest BCUT2D eigenvalue weighted by molar-refractivity contribution is -0.384. The van der Waals surface area contributed by atoms with Gasteiger partial charge in [-0.2, -0.15) is 0 Å². The molecule has 0 aliphatic carbocycles. The van der Waals surface area contributed by atoms with Gasteiger partial charge in [0.1, 0.15) is 11.5 Å². The van der Waals surface area contributed by atoms with Crippen molar-refractivity contribution in [1.29, 1.82) is 0 Å². The number of nitrogens with zero attached hydrogens (tertiary/aromatic N) is 1. The van der Waals surface area contributed by atoms with E-state index in [9.17, 15) is 14.9 Å². The minimum absolute atomic E-state index is 0.130. The van der Waals surface area contributed by atoms with Gasteiger partial charge in [0.25, 0.3) is 5.69 Å². The largest absolute Gasteiger partial charge is 0.457 e. The third-order valence-electron chi connectivity index (χ3n) is 3.09. The number of Topliss-reactive ketones (excluding diaryl/α,β-unsaturated/α-hetero) is 1. The molecule has 0 unspecified atom stereocenters. The molecule has 0 atom stereocenters. The predicted octanol–water partition coefficient (Wildman–Crippen LogP) is 4.15. The van der Waals surface area contributed by atoms with E-state index in [0.29, 0.717) is 11.5 Å². The Kier molecular flexibility index (Phi) is 4.33. The Hall–Kier alpha value is -2.69. The van der Waals surface area contributed by atoms with Gasteiger partial charge in [0.15, 0.2) is 5.78 Å². The number of rotatable bonds is 5. The Morgan fingerprint density at radius 2 is 2.00 bits per heavy atom. The fraction of sp³-hybridized carbons (Fsp3) is 0.188. The Morgan fingerprint density at radius 3 is 2.62 bits per heavy atom. The van der Waals surface area contributed by atoms with Crippen LogP contribution in [-0.4, -0.2) is 10.7 Å². The third kappa shape index (κ3) is 3.45. The lowest BCUT2D eigenvalue weighted by Gasteiger charge is -2.10. The van der Waals surface area contributed by atoms with Crippen LogP contribution in [0.15, 0.2) is 42.5 Å². The van der Waals surface area contributed by atoms with Crippen LogP contribution < -0.4 is 4.74 Å². The molecule has 0 amide bonds. The van der Waals surface area contributed by atoms with Gasteiger partial charge in [0.2, 0.25) is 0 Å². The van der Waals surface area contributed by atoms with Crippen LogP contribution in [0, 0.1) is 10.1 Å². The summed E-state index contributed by atoms with van der Waals surface area (Å²) in [6, 6.07) is 11.5. The number of hydrogen-bond acceptors (Lipinski definition) is 4. The highest BCUT2D eigenvalue weighted by atomic mass is 16.6. The number of non-ortho nitro benzene ring substituents is 1. The van der Waals surface area contributed by atoms with E-state index in [1.807, 2.05) is 25.1 Å². The highest BCUT2D eigenvalue weighted by molar-refractivity contribution is 5.97. The van der Waals surface area contributed by atoms with Crippen molar-refractivity contribution in [2.45, 2.75) is 20.3 Å². The molecule has 21 heavy (non-hydrogen) atoms. The first-order valence-electron chi connectivity index (χ1n) is 6.57. The summed E-state index contributed by atoms with van der Waals surface area (Å²) in [7, 11) is 0. The molecule has 0 spiro atoms. The zero-order valence-corrected chi connectivity index (χ0v) is 11.8. The first kappa shape index (κ1) is 14.7. The minimum atomic E-state index is -0.534. The molecule has 0 aliphatic rings. The number of nitro benzene ring substituents is 1. The number of nitro groups is 1. The van der Waals surface area contributed by atoms with Gasteiger partial charge < -0.3 is 4.74 Å². The maximum atomic E-state index is 11.7. The highest BCUT2D eigenvalue weighted by Crippen LogP contribution is 2.29. The summed E-state index contributed by atoms with van der Waals surface area (Å²) in [5.41, 5.74) is 1.18. The van der Waals surface area contributed by atoms with Crippen molar-refractivity contribution in [2.75, 3.05) is 0 Å². The molecule has 0 bridgehead atoms. The fourth-order valence-electron chi connectivity index (χ4n) is 1.95. The molecule has 2 aromatic rings. The number of hydrogen-bond donors (Lipinski definition) is 0. The Labute approximate surface area is 122 Å². The monoisotopic (exact) mass is 285 g/mol. The van der Waals surface area contributed by atoms with Gasteiger partial charge in [0, 0.05) is 12.1 Å². The third-order valence-corrected chi connectivity index (χ3v) is 3.09. The van der Waals surface area contributed by atoms with Gasteiger partial charge in [-0.05, 0) is 37.1 Å². The summed E-state index contributed by atoms with van der Waals surface area (Å²) < 4.78 is 5.70. The summed E-state index contributed by atoms with van der Waals surface area (Å²) in [5.74, 6) is 0.646. The average Bonchev–Trinajstić information content (AvgIpc) is 2.47. The van der Waals surface area contributed by atoms with Gasteiger partial charge in [-0.3, -0.25) is 14.9 Å². The standard InChI is InChI=1S/C16H15NO4/c1-3-12-5-4-6-14(9-12)21-16-8-7-13(17(19)20)10-15(16)11(2)18/h4-10H,3H2,1-2H3. The van der Waals surface area contributed by atoms with Crippen molar-refractivity contribution in [3.8, 4) is 11.5 Å². The van der Waals surface area contributed by atoms with E-state index in [1.165, 1.54) is 25.1 Å². The van der Waals surface area contributed by atoms with Crippen molar-refractivity contribution in [3.05, 3.63) is 63.7 Å². The van der Waals surface area contributed by atoms with E-state index in [0.717, 1.165) is 12.0 Å². The van der Waals surface area contributed by atoms with Crippen LogP contribution in [0.3, 0.4) is 0 Å². The van der Waals surface area contributed by atoms with E-state index in [-0.39, 0.29) is 17.0 Å². The van der Waals surface area contributed by atoms with Crippen molar-refractivity contribution in [2.24, 2.45) is 0 Å². The van der Waals surface area contributed by atoms with Crippen molar-refractivity contribution >= 4 is 11.5 Å².